The monoisotopic (exact) mass is 210 g/mol. The molecule has 0 radical (unpaired) electrons. The molecule has 0 saturated carbocycles. The maximum absolute atomic E-state index is 5.55. The summed E-state index contributed by atoms with van der Waals surface area (Å²) in [6.07, 6.45) is 5.12. The van der Waals surface area contributed by atoms with Crippen LogP contribution in [0.4, 0.5) is 0 Å². The molecule has 0 amide bonds. The first-order valence-corrected chi connectivity index (χ1v) is 8.60. The van der Waals surface area contributed by atoms with Crippen molar-refractivity contribution in [1.29, 1.82) is 0 Å². The molecular weight excluding hydrogens is 192 g/mol. The molecule has 0 spiro atoms. The highest BCUT2D eigenvalue weighted by Gasteiger charge is 2.11. The lowest BCUT2D eigenvalue weighted by Crippen LogP contribution is -2.21. The molecule has 0 aliphatic heterocycles. The molecule has 0 aliphatic carbocycles. The second-order valence-electron chi connectivity index (χ2n) is 4.61. The smallest absolute Gasteiger partial charge is 0.115 e. The second-order valence-corrected chi connectivity index (χ2v) is 10.2. The first-order valence-electron chi connectivity index (χ1n) is 4.89. The lowest BCUT2D eigenvalue weighted by molar-refractivity contribution is 0.133. The Labute approximate surface area is 86.6 Å². The van der Waals surface area contributed by atoms with Crippen molar-refractivity contribution in [3.63, 3.8) is 0 Å². The van der Waals surface area contributed by atoms with E-state index in [0.29, 0.717) is 6.61 Å². The van der Waals surface area contributed by atoms with Crippen molar-refractivity contribution in [1.82, 2.24) is 9.97 Å². The summed E-state index contributed by atoms with van der Waals surface area (Å²) in [5.74, 6) is 0. The van der Waals surface area contributed by atoms with Crippen LogP contribution in [0.25, 0.3) is 0 Å². The van der Waals surface area contributed by atoms with E-state index in [1.54, 1.807) is 12.4 Å². The van der Waals surface area contributed by atoms with Crippen LogP contribution >= 0.6 is 0 Å². The molecule has 0 N–H and O–H groups in total. The highest BCUT2D eigenvalue weighted by molar-refractivity contribution is 6.76. The Bertz CT molecular complexity index is 259. The van der Waals surface area contributed by atoms with Crippen molar-refractivity contribution in [2.45, 2.75) is 32.3 Å². The maximum Gasteiger partial charge on any atom is 0.115 e. The first kappa shape index (κ1) is 11.3. The van der Waals surface area contributed by atoms with Gasteiger partial charge in [0.1, 0.15) is 6.33 Å². The van der Waals surface area contributed by atoms with Crippen molar-refractivity contribution >= 4 is 8.07 Å². The van der Waals surface area contributed by atoms with Crippen LogP contribution in [0.5, 0.6) is 0 Å². The minimum Gasteiger partial charge on any atom is -0.377 e. The van der Waals surface area contributed by atoms with Gasteiger partial charge in [-0.3, -0.25) is 0 Å². The van der Waals surface area contributed by atoms with Crippen LogP contribution in [0.3, 0.4) is 0 Å². The molecule has 1 aromatic heterocycles. The van der Waals surface area contributed by atoms with Gasteiger partial charge in [-0.2, -0.15) is 0 Å². The lowest BCUT2D eigenvalue weighted by atomic mass is 10.4. The van der Waals surface area contributed by atoms with Gasteiger partial charge in [0, 0.05) is 32.6 Å². The van der Waals surface area contributed by atoms with Gasteiger partial charge in [0.15, 0.2) is 0 Å². The molecule has 0 bridgehead atoms. The fraction of sp³-hybridized carbons (Fsp3) is 0.600. The summed E-state index contributed by atoms with van der Waals surface area (Å²) in [4.78, 5) is 7.86. The van der Waals surface area contributed by atoms with Crippen LogP contribution in [-0.4, -0.2) is 24.6 Å². The van der Waals surface area contributed by atoms with E-state index >= 15 is 0 Å². The summed E-state index contributed by atoms with van der Waals surface area (Å²) in [5.41, 5.74) is 1.04. The van der Waals surface area contributed by atoms with E-state index in [-0.39, 0.29) is 0 Å². The van der Waals surface area contributed by atoms with E-state index in [0.717, 1.165) is 12.2 Å². The number of rotatable bonds is 5. The van der Waals surface area contributed by atoms with Crippen LogP contribution in [0.2, 0.25) is 25.7 Å². The van der Waals surface area contributed by atoms with Crippen LogP contribution in [0.15, 0.2) is 18.7 Å². The van der Waals surface area contributed by atoms with Gasteiger partial charge in [-0.05, 0) is 6.04 Å². The summed E-state index contributed by atoms with van der Waals surface area (Å²) in [5, 5.41) is 0. The zero-order chi connectivity index (χ0) is 10.4. The fourth-order valence-corrected chi connectivity index (χ4v) is 1.73. The third-order valence-corrected chi connectivity index (χ3v) is 3.58. The van der Waals surface area contributed by atoms with E-state index in [1.807, 2.05) is 0 Å². The Morgan fingerprint density at radius 1 is 1.21 bits per heavy atom. The van der Waals surface area contributed by atoms with Crippen molar-refractivity contribution in [3.05, 3.63) is 24.3 Å². The molecule has 1 aromatic rings. The molecule has 0 fully saturated rings. The molecule has 3 nitrogen and oxygen atoms in total. The largest absolute Gasteiger partial charge is 0.377 e. The number of ether oxygens (including phenoxy) is 1. The molecule has 78 valence electrons. The summed E-state index contributed by atoms with van der Waals surface area (Å²) >= 11 is 0. The number of nitrogens with zero attached hydrogens (tertiary/aromatic N) is 2. The Morgan fingerprint density at radius 3 is 2.43 bits per heavy atom. The maximum atomic E-state index is 5.55. The summed E-state index contributed by atoms with van der Waals surface area (Å²) in [7, 11) is -0.952. The topological polar surface area (TPSA) is 35.0 Å². The van der Waals surface area contributed by atoms with Gasteiger partial charge in [-0.15, -0.1) is 0 Å². The average Bonchev–Trinajstić information content (AvgIpc) is 2.13. The van der Waals surface area contributed by atoms with Gasteiger partial charge in [0.2, 0.25) is 0 Å². The predicted octanol–water partition coefficient (Wildman–Crippen LogP) is 2.33. The van der Waals surface area contributed by atoms with Gasteiger partial charge < -0.3 is 4.74 Å². The molecule has 1 heterocycles. The third-order valence-electron chi connectivity index (χ3n) is 1.88. The Morgan fingerprint density at radius 2 is 1.86 bits per heavy atom. The molecular formula is C10H18N2OSi. The number of hydrogen-bond donors (Lipinski definition) is 0. The van der Waals surface area contributed by atoms with Crippen LogP contribution < -0.4 is 0 Å². The van der Waals surface area contributed by atoms with Crippen molar-refractivity contribution in [3.8, 4) is 0 Å². The van der Waals surface area contributed by atoms with Crippen molar-refractivity contribution in [2.75, 3.05) is 6.61 Å². The third kappa shape index (κ3) is 5.09. The normalized spacial score (nSPS) is 11.6. The standard InChI is InChI=1S/C10H18N2OSi/c1-14(2,3)5-4-13-8-10-6-11-9-12-7-10/h6-7,9H,4-5,8H2,1-3H3. The fourth-order valence-electron chi connectivity index (χ4n) is 0.973. The van der Waals surface area contributed by atoms with Gasteiger partial charge in [0.05, 0.1) is 6.61 Å². The lowest BCUT2D eigenvalue weighted by Gasteiger charge is -2.15. The summed E-state index contributed by atoms with van der Waals surface area (Å²) < 4.78 is 5.55. The number of aromatic nitrogens is 2. The van der Waals surface area contributed by atoms with Crippen LogP contribution in [-0.2, 0) is 11.3 Å². The molecule has 4 heteroatoms. The highest BCUT2D eigenvalue weighted by atomic mass is 28.3. The highest BCUT2D eigenvalue weighted by Crippen LogP contribution is 2.08. The zero-order valence-electron chi connectivity index (χ0n) is 9.16. The Hall–Kier alpha value is -0.743. The van der Waals surface area contributed by atoms with E-state index in [2.05, 4.69) is 29.6 Å². The summed E-state index contributed by atoms with van der Waals surface area (Å²) in [6, 6.07) is 1.21. The van der Waals surface area contributed by atoms with Gasteiger partial charge in [-0.25, -0.2) is 9.97 Å². The van der Waals surface area contributed by atoms with E-state index in [9.17, 15) is 0 Å². The Kier molecular flexibility index (Phi) is 4.22. The van der Waals surface area contributed by atoms with E-state index < -0.39 is 8.07 Å². The number of hydrogen-bond acceptors (Lipinski definition) is 3. The average molecular weight is 210 g/mol. The minimum atomic E-state index is -0.952. The first-order chi connectivity index (χ1) is 6.58. The van der Waals surface area contributed by atoms with Crippen molar-refractivity contribution in [2.24, 2.45) is 0 Å². The minimum absolute atomic E-state index is 0.630. The quantitative estimate of drug-likeness (QED) is 0.552. The van der Waals surface area contributed by atoms with Crippen molar-refractivity contribution < 1.29 is 4.74 Å². The molecule has 1 rings (SSSR count). The van der Waals surface area contributed by atoms with Crippen LogP contribution in [0, 0.1) is 0 Å². The molecule has 0 saturated heterocycles. The Balaban J connectivity index is 2.17. The van der Waals surface area contributed by atoms with E-state index in [4.69, 9.17) is 4.74 Å². The van der Waals surface area contributed by atoms with Gasteiger partial charge in [-0.1, -0.05) is 19.6 Å². The predicted molar refractivity (Wildman–Crippen MR) is 59.8 cm³/mol. The molecule has 0 aliphatic rings. The second kappa shape index (κ2) is 5.22. The SMILES string of the molecule is C[Si](C)(C)CCOCc1cncnc1. The molecule has 0 atom stereocenters. The molecule has 0 unspecified atom stereocenters. The molecule has 14 heavy (non-hydrogen) atoms. The summed E-state index contributed by atoms with van der Waals surface area (Å²) in [6.45, 7) is 8.53. The van der Waals surface area contributed by atoms with E-state index in [1.165, 1.54) is 12.4 Å². The zero-order valence-corrected chi connectivity index (χ0v) is 10.2. The van der Waals surface area contributed by atoms with Gasteiger partial charge in [0.25, 0.3) is 0 Å². The molecule has 0 aromatic carbocycles. The van der Waals surface area contributed by atoms with Gasteiger partial charge >= 0.3 is 0 Å². The van der Waals surface area contributed by atoms with Crippen LogP contribution in [0.1, 0.15) is 5.56 Å².